The second-order valence-corrected chi connectivity index (χ2v) is 16.6. The molecule has 2 aliphatic heterocycles. The third-order valence-electron chi connectivity index (χ3n) is 13.1. The summed E-state index contributed by atoms with van der Waals surface area (Å²) in [5.74, 6) is 2.75. The molecule has 0 radical (unpaired) electrons. The fourth-order valence-corrected chi connectivity index (χ4v) is 10.1. The van der Waals surface area contributed by atoms with Gasteiger partial charge in [0.25, 0.3) is 0 Å². The van der Waals surface area contributed by atoms with Crippen molar-refractivity contribution in [1.29, 1.82) is 0 Å². The molecule has 1 aliphatic carbocycles. The van der Waals surface area contributed by atoms with Crippen LogP contribution < -0.4 is 9.91 Å². The van der Waals surface area contributed by atoms with Crippen LogP contribution in [-0.4, -0.2) is 22.1 Å². The Balaban J connectivity index is 1.20. The van der Waals surface area contributed by atoms with Gasteiger partial charge in [0.15, 0.2) is 11.7 Å². The van der Waals surface area contributed by atoms with Crippen molar-refractivity contribution in [2.75, 3.05) is 9.91 Å². The summed E-state index contributed by atoms with van der Waals surface area (Å²) >= 11 is 0. The van der Waals surface area contributed by atoms with Crippen molar-refractivity contribution < 1.29 is 0 Å². The number of nitrogens with zero attached hydrogens (tertiary/aromatic N) is 6. The fraction of sp³-hybridized carbons (Fsp3) is 0.0702. The van der Waals surface area contributed by atoms with Crippen LogP contribution >= 0.6 is 0 Å². The minimum absolute atomic E-state index is 0.0373. The molecule has 6 heteroatoms. The molecule has 8 aromatic carbocycles. The Labute approximate surface area is 366 Å². The number of aliphatic imine (C=N–C) groups is 2. The largest absolute Gasteiger partial charge is 0.297 e. The summed E-state index contributed by atoms with van der Waals surface area (Å²) in [6.45, 7) is 7.24. The van der Waals surface area contributed by atoms with Crippen molar-refractivity contribution in [2.24, 2.45) is 26.9 Å². The van der Waals surface area contributed by atoms with E-state index in [1.807, 2.05) is 18.2 Å². The zero-order valence-corrected chi connectivity index (χ0v) is 34.8. The molecule has 300 valence electrons. The Morgan fingerprint density at radius 1 is 0.540 bits per heavy atom. The minimum atomic E-state index is -0.461. The van der Waals surface area contributed by atoms with Crippen LogP contribution in [0.2, 0.25) is 0 Å². The lowest BCUT2D eigenvalue weighted by molar-refractivity contribution is 0.653. The highest BCUT2D eigenvalue weighted by Gasteiger charge is 2.68. The van der Waals surface area contributed by atoms with E-state index < -0.39 is 5.54 Å². The summed E-state index contributed by atoms with van der Waals surface area (Å²) in [7, 11) is 0. The van der Waals surface area contributed by atoms with Gasteiger partial charge in [-0.25, -0.2) is 10.0 Å². The van der Waals surface area contributed by atoms with Crippen LogP contribution in [-0.2, 0) is 5.54 Å². The first kappa shape index (κ1) is 36.7. The SMILES string of the molecule is C=C1c2ccc3c(c2N(c2ccccc2)N=C(c2ccccc2)N1c1ccccc1)c1cc(-c2ccccc2)ccc1n3C1=NC(c2ccccc2)=NC2(c3ccccc3)C(C)C12. The van der Waals surface area contributed by atoms with Gasteiger partial charge in [-0.15, -0.1) is 5.10 Å². The van der Waals surface area contributed by atoms with E-state index in [0.29, 0.717) is 0 Å². The predicted molar refractivity (Wildman–Crippen MR) is 261 cm³/mol. The monoisotopic (exact) mass is 810 g/mol. The Morgan fingerprint density at radius 2 is 1.10 bits per heavy atom. The quantitative estimate of drug-likeness (QED) is 0.168. The Morgan fingerprint density at radius 3 is 1.75 bits per heavy atom. The highest BCUT2D eigenvalue weighted by molar-refractivity contribution is 6.26. The number of fused-ring (bicyclic) bond motifs is 6. The Bertz CT molecular complexity index is 3300. The molecule has 1 fully saturated rings. The number of hydrazone groups is 1. The molecule has 3 aliphatic rings. The number of anilines is 3. The van der Waals surface area contributed by atoms with E-state index in [1.165, 1.54) is 5.56 Å². The molecule has 12 rings (SSSR count). The highest BCUT2D eigenvalue weighted by atomic mass is 15.5. The number of hydrogen-bond acceptors (Lipinski definition) is 5. The number of hydrogen-bond donors (Lipinski definition) is 0. The first-order valence-corrected chi connectivity index (χ1v) is 21.6. The molecule has 0 amide bonds. The maximum absolute atomic E-state index is 5.72. The van der Waals surface area contributed by atoms with Crippen molar-refractivity contribution in [3.63, 3.8) is 0 Å². The van der Waals surface area contributed by atoms with Gasteiger partial charge < -0.3 is 0 Å². The Hall–Kier alpha value is -8.09. The molecule has 0 saturated heterocycles. The van der Waals surface area contributed by atoms with Crippen molar-refractivity contribution in [3.8, 4) is 11.1 Å². The lowest BCUT2D eigenvalue weighted by Crippen LogP contribution is -2.30. The second-order valence-electron chi connectivity index (χ2n) is 16.6. The van der Waals surface area contributed by atoms with Crippen molar-refractivity contribution in [1.82, 2.24) is 4.57 Å². The average molecular weight is 811 g/mol. The maximum Gasteiger partial charge on any atom is 0.165 e. The van der Waals surface area contributed by atoms with Crippen LogP contribution in [0.4, 0.5) is 17.1 Å². The fourth-order valence-electron chi connectivity index (χ4n) is 10.1. The molecule has 1 saturated carbocycles. The summed E-state index contributed by atoms with van der Waals surface area (Å²) < 4.78 is 2.43. The van der Waals surface area contributed by atoms with Crippen molar-refractivity contribution in [3.05, 3.63) is 241 Å². The first-order valence-electron chi connectivity index (χ1n) is 21.6. The molecule has 3 heterocycles. The van der Waals surface area contributed by atoms with Crippen LogP contribution in [0.25, 0.3) is 38.6 Å². The molecule has 0 N–H and O–H groups in total. The molecule has 1 aromatic heterocycles. The number of para-hydroxylation sites is 2. The van der Waals surface area contributed by atoms with Gasteiger partial charge in [-0.2, -0.15) is 0 Å². The number of amidine groups is 2. The molecule has 63 heavy (non-hydrogen) atoms. The van der Waals surface area contributed by atoms with Gasteiger partial charge in [-0.1, -0.05) is 177 Å². The molecule has 0 bridgehead atoms. The summed E-state index contributed by atoms with van der Waals surface area (Å²) in [4.78, 5) is 13.4. The molecular formula is C57H42N6. The van der Waals surface area contributed by atoms with Crippen LogP contribution in [0.3, 0.4) is 0 Å². The standard InChI is InChI=1S/C57H42N6/c1-38-52-56(58-54(41-23-11-4-12-24-41)59-57(38,52)44-27-15-6-16-28-44)62-49-35-33-43(40-21-9-3-10-22-40)37-48(49)51-50(62)36-34-47-39(2)61(45-29-17-7-18-30-45)55(42-25-13-5-14-26-42)60-63(53(47)51)46-31-19-8-20-32-46/h3-38,52H,2H2,1H3. The van der Waals surface area contributed by atoms with Gasteiger partial charge in [0.05, 0.1) is 28.3 Å². The van der Waals surface area contributed by atoms with Gasteiger partial charge in [0.1, 0.15) is 11.4 Å². The topological polar surface area (TPSA) is 48.5 Å². The molecule has 3 unspecified atom stereocenters. The van der Waals surface area contributed by atoms with Gasteiger partial charge in [0, 0.05) is 38.8 Å². The van der Waals surface area contributed by atoms with Crippen LogP contribution in [0.5, 0.6) is 0 Å². The molecule has 6 nitrogen and oxygen atoms in total. The molecule has 3 atom stereocenters. The van der Waals surface area contributed by atoms with Crippen LogP contribution in [0.1, 0.15) is 29.2 Å². The van der Waals surface area contributed by atoms with Gasteiger partial charge in [-0.3, -0.25) is 14.5 Å². The third-order valence-corrected chi connectivity index (χ3v) is 13.1. The predicted octanol–water partition coefficient (Wildman–Crippen LogP) is 13.3. The Kier molecular flexibility index (Phi) is 8.47. The van der Waals surface area contributed by atoms with Crippen molar-refractivity contribution in [2.45, 2.75) is 12.5 Å². The minimum Gasteiger partial charge on any atom is -0.297 e. The second kappa shape index (κ2) is 14.5. The maximum atomic E-state index is 5.72. The molecular weight excluding hydrogens is 769 g/mol. The normalized spacial score (nSPS) is 19.2. The summed E-state index contributed by atoms with van der Waals surface area (Å²) in [5.41, 5.74) is 11.8. The van der Waals surface area contributed by atoms with E-state index in [9.17, 15) is 0 Å². The van der Waals surface area contributed by atoms with Crippen LogP contribution in [0, 0.1) is 11.8 Å². The van der Waals surface area contributed by atoms with Gasteiger partial charge in [-0.05, 0) is 71.1 Å². The van der Waals surface area contributed by atoms with E-state index in [2.05, 4.69) is 216 Å². The van der Waals surface area contributed by atoms with Gasteiger partial charge >= 0.3 is 0 Å². The summed E-state index contributed by atoms with van der Waals surface area (Å²) in [6.07, 6.45) is 0. The zero-order chi connectivity index (χ0) is 42.1. The number of rotatable bonds is 6. The molecule has 9 aromatic rings. The third kappa shape index (κ3) is 5.75. The zero-order valence-electron chi connectivity index (χ0n) is 34.8. The van der Waals surface area contributed by atoms with E-state index in [4.69, 9.17) is 21.7 Å². The van der Waals surface area contributed by atoms with Crippen molar-refractivity contribution >= 4 is 62.1 Å². The van der Waals surface area contributed by atoms with Crippen LogP contribution in [0.15, 0.2) is 234 Å². The smallest absolute Gasteiger partial charge is 0.165 e. The summed E-state index contributed by atoms with van der Waals surface area (Å²) in [6, 6.07) is 74.6. The summed E-state index contributed by atoms with van der Waals surface area (Å²) in [5, 5.41) is 10.0. The number of aromatic nitrogens is 1. The van der Waals surface area contributed by atoms with E-state index >= 15 is 0 Å². The number of benzene rings is 8. The van der Waals surface area contributed by atoms with E-state index in [1.54, 1.807) is 0 Å². The lowest BCUT2D eigenvalue weighted by atomic mass is 9.99. The van der Waals surface area contributed by atoms with E-state index in [0.717, 1.165) is 89.9 Å². The van der Waals surface area contributed by atoms with E-state index in [-0.39, 0.29) is 11.8 Å². The molecule has 0 spiro atoms. The first-order chi connectivity index (χ1) is 31.1. The lowest BCUT2D eigenvalue weighted by Gasteiger charge is -2.27. The average Bonchev–Trinajstić information content (AvgIpc) is 3.88. The van der Waals surface area contributed by atoms with Gasteiger partial charge in [0.2, 0.25) is 0 Å². The highest BCUT2D eigenvalue weighted by Crippen LogP contribution is 2.64.